The molecule has 0 spiro atoms. The van der Waals surface area contributed by atoms with Crippen molar-refractivity contribution in [2.75, 3.05) is 11.9 Å². The largest absolute Gasteiger partial charge is 0.355 e. The number of anilines is 1. The summed E-state index contributed by atoms with van der Waals surface area (Å²) in [6, 6.07) is 10.0. The molecule has 25 heavy (non-hydrogen) atoms. The van der Waals surface area contributed by atoms with Crippen LogP contribution in [0.1, 0.15) is 37.8 Å². The molecule has 6 heteroatoms. The van der Waals surface area contributed by atoms with Gasteiger partial charge in [0.1, 0.15) is 0 Å². The second-order valence-corrected chi connectivity index (χ2v) is 7.08. The lowest BCUT2D eigenvalue weighted by molar-refractivity contribution is -0.128. The molecule has 1 saturated heterocycles. The van der Waals surface area contributed by atoms with Crippen molar-refractivity contribution in [1.29, 1.82) is 0 Å². The monoisotopic (exact) mass is 338 g/mol. The molecule has 6 nitrogen and oxygen atoms in total. The maximum atomic E-state index is 12.7. The van der Waals surface area contributed by atoms with E-state index in [0.717, 1.165) is 29.7 Å². The van der Waals surface area contributed by atoms with E-state index < -0.39 is 0 Å². The minimum absolute atomic E-state index is 0.0114. The van der Waals surface area contributed by atoms with Crippen LogP contribution in [0.5, 0.6) is 0 Å². The number of carbonyl (C=O) groups excluding carboxylic acids is 2. The standard InChI is InChI=1S/C19H22N4O2/c1-11-9-15(24)20-10-14(11)19(25)21-18-16(12-5-3-2-4-6-12)17(22-23-18)13-7-8-13/h2-6,11,13-14H,7-10H2,1H3,(H,20,24)(H2,21,22,23,25). The van der Waals surface area contributed by atoms with Crippen LogP contribution >= 0.6 is 0 Å². The smallest absolute Gasteiger partial charge is 0.230 e. The number of rotatable bonds is 4. The molecular formula is C19H22N4O2. The van der Waals surface area contributed by atoms with Gasteiger partial charge in [-0.1, -0.05) is 37.3 Å². The molecule has 1 aliphatic heterocycles. The first-order valence-corrected chi connectivity index (χ1v) is 8.84. The Kier molecular flexibility index (Phi) is 4.03. The van der Waals surface area contributed by atoms with Crippen LogP contribution in [0.4, 0.5) is 5.82 Å². The van der Waals surface area contributed by atoms with Crippen molar-refractivity contribution in [2.45, 2.75) is 32.1 Å². The fourth-order valence-corrected chi connectivity index (χ4v) is 3.50. The topological polar surface area (TPSA) is 86.9 Å². The fraction of sp³-hybridized carbons (Fsp3) is 0.421. The summed E-state index contributed by atoms with van der Waals surface area (Å²) in [7, 11) is 0. The molecule has 2 unspecified atom stereocenters. The third-order valence-electron chi connectivity index (χ3n) is 5.13. The third kappa shape index (κ3) is 3.16. The highest BCUT2D eigenvalue weighted by Gasteiger charge is 2.34. The van der Waals surface area contributed by atoms with E-state index in [0.29, 0.717) is 24.7 Å². The lowest BCUT2D eigenvalue weighted by Gasteiger charge is -2.27. The second-order valence-electron chi connectivity index (χ2n) is 7.08. The maximum Gasteiger partial charge on any atom is 0.230 e. The van der Waals surface area contributed by atoms with Gasteiger partial charge in [-0.2, -0.15) is 5.10 Å². The zero-order valence-corrected chi connectivity index (χ0v) is 14.2. The third-order valence-corrected chi connectivity index (χ3v) is 5.13. The molecule has 2 fully saturated rings. The highest BCUT2D eigenvalue weighted by Crippen LogP contribution is 2.45. The van der Waals surface area contributed by atoms with Crippen molar-refractivity contribution in [3.8, 4) is 11.1 Å². The molecule has 0 bridgehead atoms. The summed E-state index contributed by atoms with van der Waals surface area (Å²) in [6.07, 6.45) is 2.69. The summed E-state index contributed by atoms with van der Waals surface area (Å²) in [4.78, 5) is 24.2. The summed E-state index contributed by atoms with van der Waals surface area (Å²) in [5, 5.41) is 13.3. The zero-order chi connectivity index (χ0) is 17.4. The summed E-state index contributed by atoms with van der Waals surface area (Å²) in [5.41, 5.74) is 3.15. The van der Waals surface area contributed by atoms with E-state index >= 15 is 0 Å². The number of hydrogen-bond acceptors (Lipinski definition) is 3. The Hall–Kier alpha value is -2.63. The van der Waals surface area contributed by atoms with Crippen molar-refractivity contribution in [3.63, 3.8) is 0 Å². The van der Waals surface area contributed by atoms with E-state index in [2.05, 4.69) is 20.8 Å². The molecule has 2 amide bonds. The summed E-state index contributed by atoms with van der Waals surface area (Å²) >= 11 is 0. The molecule has 2 heterocycles. The number of hydrogen-bond donors (Lipinski definition) is 3. The summed E-state index contributed by atoms with van der Waals surface area (Å²) in [6.45, 7) is 2.33. The van der Waals surface area contributed by atoms with Crippen LogP contribution in [0.25, 0.3) is 11.1 Å². The van der Waals surface area contributed by atoms with Crippen LogP contribution in [0, 0.1) is 11.8 Å². The van der Waals surface area contributed by atoms with Gasteiger partial charge in [-0.15, -0.1) is 0 Å². The highest BCUT2D eigenvalue weighted by molar-refractivity contribution is 5.97. The van der Waals surface area contributed by atoms with Crippen molar-refractivity contribution in [3.05, 3.63) is 36.0 Å². The van der Waals surface area contributed by atoms with Gasteiger partial charge < -0.3 is 10.6 Å². The molecule has 1 aromatic heterocycles. The van der Waals surface area contributed by atoms with Gasteiger partial charge in [-0.25, -0.2) is 0 Å². The second kappa shape index (κ2) is 6.35. The zero-order valence-electron chi connectivity index (χ0n) is 14.2. The van der Waals surface area contributed by atoms with E-state index in [-0.39, 0.29) is 23.7 Å². The quantitative estimate of drug-likeness (QED) is 0.801. The van der Waals surface area contributed by atoms with Crippen LogP contribution in [0.2, 0.25) is 0 Å². The Labute approximate surface area is 146 Å². The Bertz CT molecular complexity index is 795. The molecule has 1 saturated carbocycles. The van der Waals surface area contributed by atoms with Gasteiger partial charge in [-0.3, -0.25) is 14.7 Å². The molecule has 1 aliphatic carbocycles. The number of amides is 2. The molecule has 2 atom stereocenters. The number of benzene rings is 1. The number of aromatic amines is 1. The Balaban J connectivity index is 1.60. The van der Waals surface area contributed by atoms with Crippen molar-refractivity contribution < 1.29 is 9.59 Å². The Morgan fingerprint density at radius 3 is 2.68 bits per heavy atom. The number of carbonyl (C=O) groups is 2. The molecular weight excluding hydrogens is 316 g/mol. The minimum atomic E-state index is -0.234. The van der Waals surface area contributed by atoms with Gasteiger partial charge >= 0.3 is 0 Å². The molecule has 130 valence electrons. The Morgan fingerprint density at radius 2 is 2.00 bits per heavy atom. The van der Waals surface area contributed by atoms with Gasteiger partial charge in [0.2, 0.25) is 11.8 Å². The van der Waals surface area contributed by atoms with Gasteiger partial charge in [0.05, 0.1) is 5.92 Å². The lowest BCUT2D eigenvalue weighted by Crippen LogP contribution is -2.45. The van der Waals surface area contributed by atoms with Crippen molar-refractivity contribution in [1.82, 2.24) is 15.5 Å². The van der Waals surface area contributed by atoms with E-state index in [1.807, 2.05) is 37.3 Å². The minimum Gasteiger partial charge on any atom is -0.355 e. The first kappa shape index (κ1) is 15.9. The van der Waals surface area contributed by atoms with Gasteiger partial charge in [0, 0.05) is 30.1 Å². The van der Waals surface area contributed by atoms with Gasteiger partial charge in [0.15, 0.2) is 5.82 Å². The van der Waals surface area contributed by atoms with Crippen molar-refractivity contribution in [2.24, 2.45) is 11.8 Å². The number of nitrogens with zero attached hydrogens (tertiary/aromatic N) is 1. The summed E-state index contributed by atoms with van der Waals surface area (Å²) in [5.74, 6) is 0.803. The Morgan fingerprint density at radius 1 is 1.24 bits per heavy atom. The van der Waals surface area contributed by atoms with E-state index in [1.165, 1.54) is 0 Å². The van der Waals surface area contributed by atoms with Crippen LogP contribution in [0.15, 0.2) is 30.3 Å². The maximum absolute atomic E-state index is 12.7. The fourth-order valence-electron chi connectivity index (χ4n) is 3.50. The van der Waals surface area contributed by atoms with Gasteiger partial charge in [0.25, 0.3) is 0 Å². The number of piperidine rings is 1. The number of H-pyrrole nitrogens is 1. The molecule has 0 radical (unpaired) electrons. The average molecular weight is 338 g/mol. The normalized spacial score (nSPS) is 23.2. The molecule has 4 rings (SSSR count). The van der Waals surface area contributed by atoms with E-state index in [1.54, 1.807) is 0 Å². The summed E-state index contributed by atoms with van der Waals surface area (Å²) < 4.78 is 0. The number of nitrogens with one attached hydrogen (secondary N) is 3. The van der Waals surface area contributed by atoms with Crippen LogP contribution < -0.4 is 10.6 Å². The van der Waals surface area contributed by atoms with Crippen LogP contribution in [-0.4, -0.2) is 28.6 Å². The average Bonchev–Trinajstić information content (AvgIpc) is 3.36. The SMILES string of the molecule is CC1CC(=O)NCC1C(=O)Nc1n[nH]c(C2CC2)c1-c1ccccc1. The first-order valence-electron chi connectivity index (χ1n) is 8.84. The molecule has 2 aliphatic rings. The van der Waals surface area contributed by atoms with Crippen LogP contribution in [-0.2, 0) is 9.59 Å². The molecule has 1 aromatic carbocycles. The number of aromatic nitrogens is 2. The highest BCUT2D eigenvalue weighted by atomic mass is 16.2. The lowest BCUT2D eigenvalue weighted by atomic mass is 9.87. The van der Waals surface area contributed by atoms with Crippen molar-refractivity contribution >= 4 is 17.6 Å². The molecule has 3 N–H and O–H groups in total. The van der Waals surface area contributed by atoms with E-state index in [4.69, 9.17) is 0 Å². The predicted octanol–water partition coefficient (Wildman–Crippen LogP) is 2.66. The predicted molar refractivity (Wildman–Crippen MR) is 94.9 cm³/mol. The molecule has 2 aromatic rings. The van der Waals surface area contributed by atoms with Crippen LogP contribution in [0.3, 0.4) is 0 Å². The van der Waals surface area contributed by atoms with E-state index in [9.17, 15) is 9.59 Å². The first-order chi connectivity index (χ1) is 12.1. The van der Waals surface area contributed by atoms with Gasteiger partial charge in [-0.05, 0) is 24.3 Å².